The number of benzene rings is 2. The Balaban J connectivity index is 1.89. The molecule has 0 saturated carbocycles. The molecule has 3 rings (SSSR count). The summed E-state index contributed by atoms with van der Waals surface area (Å²) in [5, 5.41) is 2.51. The molecule has 8 heteroatoms. The molecule has 27 heavy (non-hydrogen) atoms. The van der Waals surface area contributed by atoms with Crippen molar-refractivity contribution in [3.05, 3.63) is 59.2 Å². The van der Waals surface area contributed by atoms with Gasteiger partial charge in [0.1, 0.15) is 11.6 Å². The van der Waals surface area contributed by atoms with Crippen LogP contribution in [0.25, 0.3) is 0 Å². The van der Waals surface area contributed by atoms with E-state index in [9.17, 15) is 18.4 Å². The summed E-state index contributed by atoms with van der Waals surface area (Å²) >= 11 is 0. The molecule has 1 aliphatic rings. The molecule has 0 unspecified atom stereocenters. The number of carbonyl (C=O) groups is 2. The van der Waals surface area contributed by atoms with E-state index in [1.165, 1.54) is 7.11 Å². The van der Waals surface area contributed by atoms with Crippen LogP contribution in [0.15, 0.2) is 36.4 Å². The molecule has 0 aliphatic carbocycles. The van der Waals surface area contributed by atoms with E-state index in [0.717, 1.165) is 17.8 Å². The zero-order chi connectivity index (χ0) is 19.4. The second-order valence-electron chi connectivity index (χ2n) is 5.93. The van der Waals surface area contributed by atoms with Gasteiger partial charge in [-0.3, -0.25) is 4.79 Å². The molecule has 2 aromatic carbocycles. The topological polar surface area (TPSA) is 67.9 Å². The van der Waals surface area contributed by atoms with Gasteiger partial charge in [0.15, 0.2) is 0 Å². The first-order valence-corrected chi connectivity index (χ1v) is 8.30. The molecule has 0 radical (unpaired) electrons. The third kappa shape index (κ3) is 4.40. The van der Waals surface area contributed by atoms with E-state index >= 15 is 0 Å². The molecular weight excluding hydrogens is 358 g/mol. The summed E-state index contributed by atoms with van der Waals surface area (Å²) in [6.45, 7) is 2.51. The Labute approximate surface area is 154 Å². The van der Waals surface area contributed by atoms with Crippen LogP contribution in [0.1, 0.15) is 20.7 Å². The number of nitrogens with zero attached hydrogens (tertiary/aromatic N) is 1. The van der Waals surface area contributed by atoms with Gasteiger partial charge in [-0.05, 0) is 30.3 Å². The number of rotatable bonds is 4. The molecule has 1 heterocycles. The number of anilines is 2. The standard InChI is InChI=1S/C19H18F2N2O4/c1-26-19(25)16-11-15(23-4-6-27-7-5-23)2-3-17(16)22-18(24)12-8-13(20)10-14(21)9-12/h2-3,8-11H,4-7H2,1H3,(H,22,24). The van der Waals surface area contributed by atoms with Crippen molar-refractivity contribution in [2.45, 2.75) is 0 Å². The number of amides is 1. The van der Waals surface area contributed by atoms with Crippen molar-refractivity contribution in [2.75, 3.05) is 43.6 Å². The van der Waals surface area contributed by atoms with Crippen molar-refractivity contribution in [2.24, 2.45) is 0 Å². The van der Waals surface area contributed by atoms with Gasteiger partial charge in [0, 0.05) is 30.4 Å². The van der Waals surface area contributed by atoms with Crippen molar-refractivity contribution in [1.82, 2.24) is 0 Å². The van der Waals surface area contributed by atoms with E-state index in [1.54, 1.807) is 18.2 Å². The first kappa shape index (κ1) is 18.8. The molecule has 2 aromatic rings. The maximum atomic E-state index is 13.3. The lowest BCUT2D eigenvalue weighted by Crippen LogP contribution is -2.36. The Bertz CT molecular complexity index is 847. The zero-order valence-corrected chi connectivity index (χ0v) is 14.6. The van der Waals surface area contributed by atoms with Crippen LogP contribution in [0.4, 0.5) is 20.2 Å². The van der Waals surface area contributed by atoms with Crippen LogP contribution in [0.3, 0.4) is 0 Å². The van der Waals surface area contributed by atoms with Gasteiger partial charge >= 0.3 is 5.97 Å². The minimum absolute atomic E-state index is 0.145. The number of nitrogens with one attached hydrogen (secondary N) is 1. The predicted octanol–water partition coefficient (Wildman–Crippen LogP) is 2.84. The average Bonchev–Trinajstić information content (AvgIpc) is 2.67. The molecule has 6 nitrogen and oxygen atoms in total. The fraction of sp³-hybridized carbons (Fsp3) is 0.263. The summed E-state index contributed by atoms with van der Waals surface area (Å²) in [4.78, 5) is 26.5. The number of carbonyl (C=O) groups excluding carboxylic acids is 2. The first-order chi connectivity index (χ1) is 13.0. The molecule has 0 spiro atoms. The lowest BCUT2D eigenvalue weighted by atomic mass is 10.1. The number of esters is 1. The number of hydrogen-bond donors (Lipinski definition) is 1. The average molecular weight is 376 g/mol. The Hall–Kier alpha value is -3.00. The molecule has 0 bridgehead atoms. The highest BCUT2D eigenvalue weighted by Gasteiger charge is 2.19. The largest absolute Gasteiger partial charge is 0.465 e. The van der Waals surface area contributed by atoms with E-state index in [1.807, 2.05) is 4.90 Å². The number of ether oxygens (including phenoxy) is 2. The van der Waals surface area contributed by atoms with Gasteiger partial charge in [0.05, 0.1) is 31.6 Å². The van der Waals surface area contributed by atoms with E-state index < -0.39 is 23.5 Å². The number of halogens is 2. The minimum Gasteiger partial charge on any atom is -0.465 e. The van der Waals surface area contributed by atoms with Crippen LogP contribution >= 0.6 is 0 Å². The van der Waals surface area contributed by atoms with Gasteiger partial charge < -0.3 is 19.7 Å². The van der Waals surface area contributed by atoms with E-state index in [-0.39, 0.29) is 16.8 Å². The fourth-order valence-corrected chi connectivity index (χ4v) is 2.82. The molecule has 0 atom stereocenters. The molecule has 0 aromatic heterocycles. The Morgan fingerprint density at radius 1 is 1.07 bits per heavy atom. The predicted molar refractivity (Wildman–Crippen MR) is 95.1 cm³/mol. The van der Waals surface area contributed by atoms with E-state index in [0.29, 0.717) is 32.4 Å². The van der Waals surface area contributed by atoms with Gasteiger partial charge in [-0.15, -0.1) is 0 Å². The van der Waals surface area contributed by atoms with Crippen molar-refractivity contribution in [3.8, 4) is 0 Å². The molecular formula is C19H18F2N2O4. The zero-order valence-electron chi connectivity index (χ0n) is 14.6. The highest BCUT2D eigenvalue weighted by molar-refractivity contribution is 6.08. The van der Waals surface area contributed by atoms with Gasteiger partial charge in [0.2, 0.25) is 0 Å². The molecule has 1 saturated heterocycles. The van der Waals surface area contributed by atoms with Crippen molar-refractivity contribution in [1.29, 1.82) is 0 Å². The monoisotopic (exact) mass is 376 g/mol. The SMILES string of the molecule is COC(=O)c1cc(N2CCOCC2)ccc1NC(=O)c1cc(F)cc(F)c1. The van der Waals surface area contributed by atoms with Crippen LogP contribution in [-0.2, 0) is 9.47 Å². The molecule has 1 aliphatic heterocycles. The van der Waals surface area contributed by atoms with Crippen molar-refractivity contribution < 1.29 is 27.8 Å². The lowest BCUT2D eigenvalue weighted by Gasteiger charge is -2.29. The number of morpholine rings is 1. The summed E-state index contributed by atoms with van der Waals surface area (Å²) in [7, 11) is 1.23. The third-order valence-electron chi connectivity index (χ3n) is 4.16. The summed E-state index contributed by atoms with van der Waals surface area (Å²) in [6, 6.07) is 7.42. The normalized spacial score (nSPS) is 14.0. The second kappa shape index (κ2) is 8.13. The third-order valence-corrected chi connectivity index (χ3v) is 4.16. The Kier molecular flexibility index (Phi) is 5.66. The summed E-state index contributed by atoms with van der Waals surface area (Å²) < 4.78 is 36.8. The highest BCUT2D eigenvalue weighted by atomic mass is 19.1. The van der Waals surface area contributed by atoms with Gasteiger partial charge in [-0.2, -0.15) is 0 Å². The van der Waals surface area contributed by atoms with Gasteiger partial charge in [-0.25, -0.2) is 13.6 Å². The van der Waals surface area contributed by atoms with Crippen LogP contribution in [0, 0.1) is 11.6 Å². The number of hydrogen-bond acceptors (Lipinski definition) is 5. The molecule has 1 N–H and O–H groups in total. The maximum Gasteiger partial charge on any atom is 0.340 e. The molecule has 1 fully saturated rings. The maximum absolute atomic E-state index is 13.3. The van der Waals surface area contributed by atoms with Crippen LogP contribution in [-0.4, -0.2) is 45.3 Å². The lowest BCUT2D eigenvalue weighted by molar-refractivity contribution is 0.0602. The quantitative estimate of drug-likeness (QED) is 0.832. The van der Waals surface area contributed by atoms with Crippen molar-refractivity contribution >= 4 is 23.3 Å². The van der Waals surface area contributed by atoms with Gasteiger partial charge in [-0.1, -0.05) is 0 Å². The second-order valence-corrected chi connectivity index (χ2v) is 5.93. The van der Waals surface area contributed by atoms with Crippen LogP contribution in [0.5, 0.6) is 0 Å². The first-order valence-electron chi connectivity index (χ1n) is 8.30. The summed E-state index contributed by atoms with van der Waals surface area (Å²) in [5.74, 6) is -3.10. The molecule has 142 valence electrons. The van der Waals surface area contributed by atoms with Crippen LogP contribution < -0.4 is 10.2 Å². The van der Waals surface area contributed by atoms with E-state index in [2.05, 4.69) is 5.32 Å². The molecule has 1 amide bonds. The number of methoxy groups -OCH3 is 1. The fourth-order valence-electron chi connectivity index (χ4n) is 2.82. The smallest absolute Gasteiger partial charge is 0.340 e. The summed E-state index contributed by atoms with van der Waals surface area (Å²) in [5.41, 5.74) is 0.925. The van der Waals surface area contributed by atoms with E-state index in [4.69, 9.17) is 9.47 Å². The van der Waals surface area contributed by atoms with Crippen molar-refractivity contribution in [3.63, 3.8) is 0 Å². The van der Waals surface area contributed by atoms with Gasteiger partial charge in [0.25, 0.3) is 5.91 Å². The minimum atomic E-state index is -0.865. The summed E-state index contributed by atoms with van der Waals surface area (Å²) in [6.07, 6.45) is 0. The Morgan fingerprint density at radius 2 is 1.74 bits per heavy atom. The van der Waals surface area contributed by atoms with Crippen LogP contribution in [0.2, 0.25) is 0 Å². The Morgan fingerprint density at radius 3 is 2.37 bits per heavy atom. The highest BCUT2D eigenvalue weighted by Crippen LogP contribution is 2.25.